The maximum atomic E-state index is 10.6. The van der Waals surface area contributed by atoms with Gasteiger partial charge in [-0.05, 0) is 44.4 Å². The Balaban J connectivity index is 1.63. The number of nitrogens with one attached hydrogen (secondary N) is 1. The van der Waals surface area contributed by atoms with Gasteiger partial charge in [0.15, 0.2) is 0 Å². The lowest BCUT2D eigenvalue weighted by Gasteiger charge is -2.35. The highest BCUT2D eigenvalue weighted by atomic mass is 16.3. The normalized spacial score (nSPS) is 30.2. The molecule has 110 valence electrons. The van der Waals surface area contributed by atoms with Crippen molar-refractivity contribution in [2.45, 2.75) is 57.0 Å². The molecule has 5 nitrogen and oxygen atoms in total. The first kappa shape index (κ1) is 13.6. The lowest BCUT2D eigenvalue weighted by atomic mass is 9.79. The zero-order chi connectivity index (χ0) is 14.2. The molecule has 0 aliphatic heterocycles. The third-order valence-electron chi connectivity index (χ3n) is 4.51. The van der Waals surface area contributed by atoms with E-state index in [9.17, 15) is 5.11 Å². The maximum Gasteiger partial charge on any atom is 0.136 e. The zero-order valence-electron chi connectivity index (χ0n) is 12.1. The van der Waals surface area contributed by atoms with Crippen molar-refractivity contribution in [1.82, 2.24) is 9.97 Å². The zero-order valence-corrected chi connectivity index (χ0v) is 12.1. The monoisotopic (exact) mass is 276 g/mol. The number of nitrogen functional groups attached to an aromatic ring is 1. The first-order valence-corrected chi connectivity index (χ1v) is 7.65. The molecule has 0 unspecified atom stereocenters. The Kier molecular flexibility index (Phi) is 3.54. The summed E-state index contributed by atoms with van der Waals surface area (Å²) in [5.74, 6) is 3.31. The molecule has 0 spiro atoms. The van der Waals surface area contributed by atoms with E-state index < -0.39 is 5.60 Å². The van der Waals surface area contributed by atoms with Gasteiger partial charge in [-0.25, -0.2) is 9.97 Å². The molecule has 0 saturated heterocycles. The van der Waals surface area contributed by atoms with Gasteiger partial charge in [0, 0.05) is 18.5 Å². The van der Waals surface area contributed by atoms with E-state index in [2.05, 4.69) is 22.2 Å². The summed E-state index contributed by atoms with van der Waals surface area (Å²) in [4.78, 5) is 8.79. The number of nitrogens with two attached hydrogens (primary N) is 1. The lowest BCUT2D eigenvalue weighted by Crippen LogP contribution is -2.40. The SMILES string of the molecule is CC1CCC(O)(CNc2cc(N)nc(C3CC3)n2)CC1. The van der Waals surface area contributed by atoms with Crippen molar-refractivity contribution in [2.24, 2.45) is 5.92 Å². The second-order valence-corrected chi connectivity index (χ2v) is 6.57. The van der Waals surface area contributed by atoms with Gasteiger partial charge in [-0.1, -0.05) is 6.92 Å². The van der Waals surface area contributed by atoms with E-state index in [0.717, 1.165) is 56.1 Å². The number of hydrogen-bond acceptors (Lipinski definition) is 5. The van der Waals surface area contributed by atoms with Crippen LogP contribution in [0.3, 0.4) is 0 Å². The largest absolute Gasteiger partial charge is 0.388 e. The first-order valence-electron chi connectivity index (χ1n) is 7.65. The minimum Gasteiger partial charge on any atom is -0.388 e. The lowest BCUT2D eigenvalue weighted by molar-refractivity contribution is 0.00494. The van der Waals surface area contributed by atoms with E-state index in [-0.39, 0.29) is 0 Å². The minimum atomic E-state index is -0.605. The van der Waals surface area contributed by atoms with Gasteiger partial charge >= 0.3 is 0 Å². The molecular formula is C15H24N4O. The number of rotatable bonds is 4. The fourth-order valence-electron chi connectivity index (χ4n) is 2.83. The molecule has 1 heterocycles. The summed E-state index contributed by atoms with van der Waals surface area (Å²) in [5.41, 5.74) is 5.23. The molecule has 2 saturated carbocycles. The molecule has 1 aromatic rings. The molecule has 0 atom stereocenters. The molecule has 0 aromatic carbocycles. The number of anilines is 2. The maximum absolute atomic E-state index is 10.6. The van der Waals surface area contributed by atoms with Crippen LogP contribution < -0.4 is 11.1 Å². The molecule has 5 heteroatoms. The average molecular weight is 276 g/mol. The Labute approximate surface area is 120 Å². The van der Waals surface area contributed by atoms with Crippen molar-refractivity contribution in [3.8, 4) is 0 Å². The number of nitrogens with zero attached hydrogens (tertiary/aromatic N) is 2. The molecule has 0 amide bonds. The Morgan fingerprint density at radius 1 is 1.30 bits per heavy atom. The molecular weight excluding hydrogens is 252 g/mol. The summed E-state index contributed by atoms with van der Waals surface area (Å²) >= 11 is 0. The van der Waals surface area contributed by atoms with E-state index in [4.69, 9.17) is 5.73 Å². The average Bonchev–Trinajstić information content (AvgIpc) is 3.24. The van der Waals surface area contributed by atoms with Crippen molar-refractivity contribution in [1.29, 1.82) is 0 Å². The molecule has 2 aliphatic rings. The van der Waals surface area contributed by atoms with Gasteiger partial charge in [0.25, 0.3) is 0 Å². The Morgan fingerprint density at radius 3 is 2.65 bits per heavy atom. The number of aliphatic hydroxyl groups is 1. The van der Waals surface area contributed by atoms with Crippen LogP contribution in [0.1, 0.15) is 57.2 Å². The fourth-order valence-corrected chi connectivity index (χ4v) is 2.83. The summed E-state index contributed by atoms with van der Waals surface area (Å²) in [6, 6.07) is 1.75. The molecule has 4 N–H and O–H groups in total. The quantitative estimate of drug-likeness (QED) is 0.785. The van der Waals surface area contributed by atoms with E-state index in [1.165, 1.54) is 0 Å². The van der Waals surface area contributed by atoms with Gasteiger partial charge in [0.2, 0.25) is 0 Å². The standard InChI is InChI=1S/C15H24N4O/c1-10-4-6-15(20,7-5-10)9-17-13-8-12(16)18-14(19-13)11-2-3-11/h8,10-11,20H,2-7,9H2,1H3,(H3,16,17,18,19). The van der Waals surface area contributed by atoms with E-state index >= 15 is 0 Å². The third kappa shape index (κ3) is 3.20. The van der Waals surface area contributed by atoms with Gasteiger partial charge in [-0.3, -0.25) is 0 Å². The van der Waals surface area contributed by atoms with Crippen LogP contribution in [0.15, 0.2) is 6.07 Å². The van der Waals surface area contributed by atoms with E-state index in [0.29, 0.717) is 18.3 Å². The Hall–Kier alpha value is -1.36. The van der Waals surface area contributed by atoms with Crippen LogP contribution in [0.4, 0.5) is 11.6 Å². The molecule has 0 radical (unpaired) electrons. The number of aromatic nitrogens is 2. The molecule has 1 aromatic heterocycles. The van der Waals surface area contributed by atoms with Crippen molar-refractivity contribution >= 4 is 11.6 Å². The van der Waals surface area contributed by atoms with Crippen LogP contribution in [-0.4, -0.2) is 27.2 Å². The summed E-state index contributed by atoms with van der Waals surface area (Å²) in [6.07, 6.45) is 6.22. The fraction of sp³-hybridized carbons (Fsp3) is 0.733. The van der Waals surface area contributed by atoms with Crippen LogP contribution in [-0.2, 0) is 0 Å². The summed E-state index contributed by atoms with van der Waals surface area (Å²) in [6.45, 7) is 2.79. The van der Waals surface area contributed by atoms with Gasteiger partial charge in [0.1, 0.15) is 17.5 Å². The summed E-state index contributed by atoms with van der Waals surface area (Å²) in [7, 11) is 0. The predicted octanol–water partition coefficient (Wildman–Crippen LogP) is 2.29. The smallest absolute Gasteiger partial charge is 0.136 e. The Bertz CT molecular complexity index is 479. The second kappa shape index (κ2) is 5.20. The van der Waals surface area contributed by atoms with Crippen LogP contribution in [0.25, 0.3) is 0 Å². The van der Waals surface area contributed by atoms with Crippen molar-refractivity contribution in [3.63, 3.8) is 0 Å². The van der Waals surface area contributed by atoms with Gasteiger partial charge in [-0.2, -0.15) is 0 Å². The van der Waals surface area contributed by atoms with Crippen molar-refractivity contribution in [3.05, 3.63) is 11.9 Å². The first-order chi connectivity index (χ1) is 9.54. The number of hydrogen-bond donors (Lipinski definition) is 3. The van der Waals surface area contributed by atoms with E-state index in [1.54, 1.807) is 6.07 Å². The summed E-state index contributed by atoms with van der Waals surface area (Å²) < 4.78 is 0. The van der Waals surface area contributed by atoms with Crippen LogP contribution in [0.5, 0.6) is 0 Å². The van der Waals surface area contributed by atoms with Crippen molar-refractivity contribution < 1.29 is 5.11 Å². The van der Waals surface area contributed by atoms with Gasteiger partial charge < -0.3 is 16.2 Å². The van der Waals surface area contributed by atoms with Crippen LogP contribution in [0, 0.1) is 5.92 Å². The highest BCUT2D eigenvalue weighted by Gasteiger charge is 2.32. The van der Waals surface area contributed by atoms with Crippen molar-refractivity contribution in [2.75, 3.05) is 17.6 Å². The molecule has 2 aliphatic carbocycles. The van der Waals surface area contributed by atoms with Gasteiger partial charge in [0.05, 0.1) is 5.60 Å². The topological polar surface area (TPSA) is 84.1 Å². The van der Waals surface area contributed by atoms with Gasteiger partial charge in [-0.15, -0.1) is 0 Å². The van der Waals surface area contributed by atoms with E-state index in [1.807, 2.05) is 0 Å². The minimum absolute atomic E-state index is 0.484. The predicted molar refractivity (Wildman–Crippen MR) is 79.5 cm³/mol. The Morgan fingerprint density at radius 2 is 2.00 bits per heavy atom. The molecule has 3 rings (SSSR count). The molecule has 0 bridgehead atoms. The molecule has 2 fully saturated rings. The molecule has 20 heavy (non-hydrogen) atoms. The van der Waals surface area contributed by atoms with Crippen LogP contribution >= 0.6 is 0 Å². The summed E-state index contributed by atoms with van der Waals surface area (Å²) in [5, 5.41) is 13.8. The van der Waals surface area contributed by atoms with Crippen LogP contribution in [0.2, 0.25) is 0 Å². The third-order valence-corrected chi connectivity index (χ3v) is 4.51. The highest BCUT2D eigenvalue weighted by Crippen LogP contribution is 2.38. The highest BCUT2D eigenvalue weighted by molar-refractivity contribution is 5.45. The second-order valence-electron chi connectivity index (χ2n) is 6.57.